The van der Waals surface area contributed by atoms with Gasteiger partial charge in [0.05, 0.1) is 32.1 Å². The molecule has 3 aromatic carbocycles. The minimum Gasteiger partial charge on any atom is -0.380 e. The average molecular weight is 551 g/mol. The van der Waals surface area contributed by atoms with Crippen molar-refractivity contribution in [1.29, 1.82) is 0 Å². The van der Waals surface area contributed by atoms with Gasteiger partial charge >= 0.3 is 7.60 Å². The zero-order valence-electron chi connectivity index (χ0n) is 24.7. The molecule has 0 heterocycles. The summed E-state index contributed by atoms with van der Waals surface area (Å²) >= 11 is 0. The monoisotopic (exact) mass is 550 g/mol. The first-order valence-corrected chi connectivity index (χ1v) is 16.0. The molecule has 4 nitrogen and oxygen atoms in total. The summed E-state index contributed by atoms with van der Waals surface area (Å²) in [5, 5.41) is 0. The highest BCUT2D eigenvalue weighted by molar-refractivity contribution is 7.54. The Morgan fingerprint density at radius 1 is 0.744 bits per heavy atom. The van der Waals surface area contributed by atoms with E-state index in [2.05, 4.69) is 91.9 Å². The van der Waals surface area contributed by atoms with E-state index < -0.39 is 7.60 Å². The van der Waals surface area contributed by atoms with E-state index in [1.165, 1.54) is 33.4 Å². The molecule has 0 aromatic heterocycles. The SMILES string of the molecule is CC.CCC/C(=C(\c1ccccc1)c1ccc(CCOCC(C)P(=O)(OCC)OCC)cc1)c1ccccc1. The van der Waals surface area contributed by atoms with Crippen molar-refractivity contribution < 1.29 is 18.3 Å². The summed E-state index contributed by atoms with van der Waals surface area (Å²) in [7, 11) is -3.14. The Morgan fingerprint density at radius 3 is 1.77 bits per heavy atom. The summed E-state index contributed by atoms with van der Waals surface area (Å²) in [6, 6.07) is 30.2. The van der Waals surface area contributed by atoms with Crippen LogP contribution in [-0.2, 0) is 24.8 Å². The van der Waals surface area contributed by atoms with Gasteiger partial charge in [0.2, 0.25) is 0 Å². The van der Waals surface area contributed by atoms with Crippen molar-refractivity contribution in [2.75, 3.05) is 26.4 Å². The molecule has 1 unspecified atom stereocenters. The van der Waals surface area contributed by atoms with Crippen LogP contribution >= 0.6 is 7.60 Å². The molecule has 0 aliphatic heterocycles. The fourth-order valence-corrected chi connectivity index (χ4v) is 6.04. The van der Waals surface area contributed by atoms with Gasteiger partial charge in [-0.2, -0.15) is 0 Å². The first-order chi connectivity index (χ1) is 19.0. The highest BCUT2D eigenvalue weighted by atomic mass is 31.2. The van der Waals surface area contributed by atoms with Gasteiger partial charge in [0, 0.05) is 0 Å². The molecular weight excluding hydrogens is 503 g/mol. The lowest BCUT2D eigenvalue weighted by molar-refractivity contribution is 0.125. The maximum Gasteiger partial charge on any atom is 0.335 e. The van der Waals surface area contributed by atoms with Crippen molar-refractivity contribution in [2.45, 2.75) is 66.5 Å². The molecule has 3 aromatic rings. The first kappa shape index (κ1) is 32.7. The highest BCUT2D eigenvalue weighted by Gasteiger charge is 2.31. The number of hydrogen-bond acceptors (Lipinski definition) is 4. The van der Waals surface area contributed by atoms with Crippen LogP contribution in [0.5, 0.6) is 0 Å². The summed E-state index contributed by atoms with van der Waals surface area (Å²) in [5.74, 6) is 0. The van der Waals surface area contributed by atoms with Crippen LogP contribution in [0.15, 0.2) is 84.9 Å². The third-order valence-electron chi connectivity index (χ3n) is 6.28. The van der Waals surface area contributed by atoms with Crippen LogP contribution in [0, 0.1) is 0 Å². The Kier molecular flexibility index (Phi) is 15.1. The number of ether oxygens (including phenoxy) is 1. The molecule has 0 saturated heterocycles. The maximum absolute atomic E-state index is 12.9. The average Bonchev–Trinajstić information content (AvgIpc) is 2.98. The largest absolute Gasteiger partial charge is 0.380 e. The lowest BCUT2D eigenvalue weighted by atomic mass is 9.87. The van der Waals surface area contributed by atoms with Crippen molar-refractivity contribution in [3.05, 3.63) is 107 Å². The lowest BCUT2D eigenvalue weighted by Crippen LogP contribution is -2.17. The molecule has 0 N–H and O–H groups in total. The summed E-state index contributed by atoms with van der Waals surface area (Å²) < 4.78 is 29.6. The van der Waals surface area contributed by atoms with Crippen LogP contribution in [-0.4, -0.2) is 32.1 Å². The topological polar surface area (TPSA) is 44.8 Å². The Balaban J connectivity index is 0.00000260. The molecule has 1 atom stereocenters. The molecule has 5 heteroatoms. The van der Waals surface area contributed by atoms with Gasteiger partial charge in [0.1, 0.15) is 0 Å². The fraction of sp³-hybridized carbons (Fsp3) is 0.412. The smallest absolute Gasteiger partial charge is 0.335 e. The van der Waals surface area contributed by atoms with E-state index >= 15 is 0 Å². The highest BCUT2D eigenvalue weighted by Crippen LogP contribution is 2.52. The predicted molar refractivity (Wildman–Crippen MR) is 166 cm³/mol. The van der Waals surface area contributed by atoms with E-state index in [0.29, 0.717) is 26.4 Å². The summed E-state index contributed by atoms with van der Waals surface area (Å²) in [4.78, 5) is 0. The molecule has 212 valence electrons. The molecule has 0 bridgehead atoms. The van der Waals surface area contributed by atoms with Crippen LogP contribution < -0.4 is 0 Å². The molecule has 3 rings (SSSR count). The molecular formula is C34H47O4P. The van der Waals surface area contributed by atoms with Crippen molar-refractivity contribution in [3.63, 3.8) is 0 Å². The van der Waals surface area contributed by atoms with E-state index in [9.17, 15) is 4.57 Å². The van der Waals surface area contributed by atoms with Gasteiger partial charge in [0.25, 0.3) is 0 Å². The quantitative estimate of drug-likeness (QED) is 0.107. The second-order valence-electron chi connectivity index (χ2n) is 9.08. The van der Waals surface area contributed by atoms with Crippen molar-refractivity contribution in [3.8, 4) is 0 Å². The van der Waals surface area contributed by atoms with Gasteiger partial charge in [-0.25, -0.2) is 0 Å². The fourth-order valence-electron chi connectivity index (χ4n) is 4.45. The Bertz CT molecular complexity index is 1130. The molecule has 0 radical (unpaired) electrons. The summed E-state index contributed by atoms with van der Waals surface area (Å²) in [6.07, 6.45) is 2.87. The van der Waals surface area contributed by atoms with E-state index in [-0.39, 0.29) is 5.66 Å². The molecule has 0 aliphatic rings. The Hall–Kier alpha value is -2.49. The Labute approximate surface area is 237 Å². The van der Waals surface area contributed by atoms with Crippen molar-refractivity contribution in [2.24, 2.45) is 0 Å². The number of allylic oxidation sites excluding steroid dienone is 1. The van der Waals surface area contributed by atoms with Crippen LogP contribution in [0.1, 0.15) is 76.6 Å². The Morgan fingerprint density at radius 2 is 1.26 bits per heavy atom. The predicted octanol–water partition coefficient (Wildman–Crippen LogP) is 9.69. The van der Waals surface area contributed by atoms with Gasteiger partial charge in [0.15, 0.2) is 0 Å². The molecule has 0 saturated carbocycles. The van der Waals surface area contributed by atoms with Crippen LogP contribution in [0.25, 0.3) is 11.1 Å². The normalized spacial score (nSPS) is 12.8. The molecule has 39 heavy (non-hydrogen) atoms. The van der Waals surface area contributed by atoms with Crippen LogP contribution in [0.2, 0.25) is 0 Å². The molecule has 0 aliphatic carbocycles. The van der Waals surface area contributed by atoms with Gasteiger partial charge in [-0.05, 0) is 67.0 Å². The van der Waals surface area contributed by atoms with E-state index in [0.717, 1.165) is 19.3 Å². The number of benzene rings is 3. The third-order valence-corrected chi connectivity index (χ3v) is 8.75. The first-order valence-electron chi connectivity index (χ1n) is 14.4. The van der Waals surface area contributed by atoms with Gasteiger partial charge < -0.3 is 13.8 Å². The zero-order chi connectivity index (χ0) is 28.5. The lowest BCUT2D eigenvalue weighted by Gasteiger charge is -2.23. The van der Waals surface area contributed by atoms with Gasteiger partial charge in [-0.3, -0.25) is 4.57 Å². The second-order valence-corrected chi connectivity index (χ2v) is 11.6. The number of rotatable bonds is 15. The van der Waals surface area contributed by atoms with Crippen LogP contribution in [0.3, 0.4) is 0 Å². The maximum atomic E-state index is 12.9. The van der Waals surface area contributed by atoms with E-state index in [1.54, 1.807) is 0 Å². The standard InChI is InChI=1S/C32H41O4P.C2H6/c1-5-14-31(28-15-10-8-11-16-28)32(29-17-12-9-13-18-29)30-21-19-27(20-22-30)23-24-34-25-26(4)37(33,35-6-2)36-7-3;1-2/h8-13,15-22,26H,5-7,14,23-25H2,1-4H3;1-2H3/b32-31-;. The van der Waals surface area contributed by atoms with Gasteiger partial charge in [-0.15, -0.1) is 0 Å². The van der Waals surface area contributed by atoms with Crippen molar-refractivity contribution in [1.82, 2.24) is 0 Å². The third kappa shape index (κ3) is 9.89. The van der Waals surface area contributed by atoms with Gasteiger partial charge in [-0.1, -0.05) is 112 Å². The van der Waals surface area contributed by atoms with E-state index in [1.807, 2.05) is 34.6 Å². The second kappa shape index (κ2) is 18.0. The molecule has 0 spiro atoms. The summed E-state index contributed by atoms with van der Waals surface area (Å²) in [6.45, 7) is 13.4. The summed E-state index contributed by atoms with van der Waals surface area (Å²) in [5.41, 5.74) is 7.27. The molecule has 0 amide bonds. The minimum absolute atomic E-state index is 0.302. The van der Waals surface area contributed by atoms with Crippen molar-refractivity contribution >= 4 is 18.7 Å². The van der Waals surface area contributed by atoms with E-state index in [4.69, 9.17) is 13.8 Å². The zero-order valence-corrected chi connectivity index (χ0v) is 25.6. The number of hydrogen-bond donors (Lipinski definition) is 0. The minimum atomic E-state index is -3.14. The molecule has 0 fully saturated rings. The van der Waals surface area contributed by atoms with Crippen LogP contribution in [0.4, 0.5) is 0 Å².